The van der Waals surface area contributed by atoms with Gasteiger partial charge < -0.3 is 14.2 Å². The van der Waals surface area contributed by atoms with Crippen LogP contribution in [-0.4, -0.2) is 34.4 Å². The van der Waals surface area contributed by atoms with Gasteiger partial charge in [-0.15, -0.1) is 21.5 Å². The van der Waals surface area contributed by atoms with Gasteiger partial charge in [0.2, 0.25) is 0 Å². The second kappa shape index (κ2) is 9.36. The van der Waals surface area contributed by atoms with Crippen molar-refractivity contribution in [3.63, 3.8) is 0 Å². The van der Waals surface area contributed by atoms with Crippen LogP contribution in [-0.2, 0) is 7.05 Å². The number of hydrogen-bond acceptors (Lipinski definition) is 7. The zero-order valence-electron chi connectivity index (χ0n) is 18.9. The highest BCUT2D eigenvalue weighted by atomic mass is 32.1. The summed E-state index contributed by atoms with van der Waals surface area (Å²) < 4.78 is 18.3. The number of tetrazole rings is 1. The number of hydrogen-bond donors (Lipinski definition) is 0. The number of aryl methyl sites for hydroxylation is 1. The van der Waals surface area contributed by atoms with Crippen molar-refractivity contribution >= 4 is 33.6 Å². The Bertz CT molecular complexity index is 1450. The van der Waals surface area contributed by atoms with E-state index in [2.05, 4.69) is 15.4 Å². The molecule has 0 unspecified atom stereocenters. The molecule has 170 valence electrons. The van der Waals surface area contributed by atoms with E-state index >= 15 is 0 Å². The maximum atomic E-state index is 6.44. The van der Waals surface area contributed by atoms with Crippen LogP contribution in [0.2, 0.25) is 0 Å². The maximum absolute atomic E-state index is 6.44. The Balaban J connectivity index is 1.47. The highest BCUT2D eigenvalue weighted by Crippen LogP contribution is 2.47. The smallest absolute Gasteiger partial charge is 0.197 e. The number of thiophene rings is 1. The van der Waals surface area contributed by atoms with Gasteiger partial charge >= 0.3 is 0 Å². The van der Waals surface area contributed by atoms with Crippen molar-refractivity contribution in [2.75, 3.05) is 14.2 Å². The van der Waals surface area contributed by atoms with Crippen molar-refractivity contribution in [3.05, 3.63) is 78.1 Å². The van der Waals surface area contributed by atoms with Crippen LogP contribution in [0.3, 0.4) is 0 Å². The van der Waals surface area contributed by atoms with Crippen molar-refractivity contribution in [1.82, 2.24) is 20.2 Å². The van der Waals surface area contributed by atoms with E-state index in [1.165, 1.54) is 4.80 Å². The molecule has 0 aliphatic heterocycles. The molecule has 0 aliphatic carbocycles. The Labute approximate surface area is 200 Å². The van der Waals surface area contributed by atoms with Crippen LogP contribution in [0.25, 0.3) is 32.7 Å². The molecule has 34 heavy (non-hydrogen) atoms. The summed E-state index contributed by atoms with van der Waals surface area (Å²) in [7, 11) is 5.08. The third-order valence-electron chi connectivity index (χ3n) is 5.25. The van der Waals surface area contributed by atoms with E-state index in [1.54, 1.807) is 32.6 Å². The quantitative estimate of drug-likeness (QED) is 0.287. The third-order valence-corrected chi connectivity index (χ3v) is 6.44. The molecular formula is C26H22N4O3S. The lowest BCUT2D eigenvalue weighted by atomic mass is 10.1. The minimum absolute atomic E-state index is 0.562. The summed E-state index contributed by atoms with van der Waals surface area (Å²) in [5.74, 6) is 3.76. The standard InChI is InChI=1S/C26H22N4O3S/c1-30-28-24(27-29-30)15-6-17-4-9-20(10-5-17)33-25-22-14-13-21(32-3)16-23(22)34-26(25)18-7-11-19(31-2)12-8-18/h4-16H,1-3H3/b15-6+. The van der Waals surface area contributed by atoms with Gasteiger partial charge in [-0.1, -0.05) is 18.2 Å². The summed E-state index contributed by atoms with van der Waals surface area (Å²) in [6, 6.07) is 21.9. The van der Waals surface area contributed by atoms with Crippen molar-refractivity contribution in [2.24, 2.45) is 7.05 Å². The first-order valence-corrected chi connectivity index (χ1v) is 11.4. The van der Waals surface area contributed by atoms with Gasteiger partial charge in [0.15, 0.2) is 11.6 Å². The van der Waals surface area contributed by atoms with Gasteiger partial charge in [0.25, 0.3) is 0 Å². The molecule has 2 aromatic heterocycles. The summed E-state index contributed by atoms with van der Waals surface area (Å²) >= 11 is 1.67. The third kappa shape index (κ3) is 4.49. The fourth-order valence-corrected chi connectivity index (χ4v) is 4.68. The summed E-state index contributed by atoms with van der Waals surface area (Å²) in [6.45, 7) is 0. The predicted molar refractivity (Wildman–Crippen MR) is 135 cm³/mol. The monoisotopic (exact) mass is 470 g/mol. The average molecular weight is 471 g/mol. The Morgan fingerprint density at radius 3 is 2.21 bits per heavy atom. The molecule has 8 heteroatoms. The topological polar surface area (TPSA) is 71.3 Å². The molecule has 0 saturated heterocycles. The Kier molecular flexibility index (Phi) is 5.97. The number of ether oxygens (including phenoxy) is 3. The molecule has 2 heterocycles. The van der Waals surface area contributed by atoms with Crippen LogP contribution >= 0.6 is 11.3 Å². The minimum atomic E-state index is 0.562. The molecule has 3 aromatic carbocycles. The van der Waals surface area contributed by atoms with Crippen LogP contribution in [0.5, 0.6) is 23.0 Å². The molecule has 0 fully saturated rings. The first kappa shape index (κ1) is 21.7. The molecular weight excluding hydrogens is 448 g/mol. The highest BCUT2D eigenvalue weighted by Gasteiger charge is 2.17. The highest BCUT2D eigenvalue weighted by molar-refractivity contribution is 7.22. The summed E-state index contributed by atoms with van der Waals surface area (Å²) in [5, 5.41) is 13.0. The second-order valence-corrected chi connectivity index (χ2v) is 8.54. The van der Waals surface area contributed by atoms with Gasteiger partial charge in [-0.2, -0.15) is 4.80 Å². The van der Waals surface area contributed by atoms with E-state index in [-0.39, 0.29) is 0 Å². The van der Waals surface area contributed by atoms with E-state index in [0.29, 0.717) is 5.82 Å². The number of nitrogens with zero attached hydrogens (tertiary/aromatic N) is 4. The van der Waals surface area contributed by atoms with Crippen molar-refractivity contribution in [3.8, 4) is 33.4 Å². The lowest BCUT2D eigenvalue weighted by molar-refractivity contribution is 0.415. The van der Waals surface area contributed by atoms with Crippen LogP contribution in [0.4, 0.5) is 0 Å². The predicted octanol–water partition coefficient (Wildman–Crippen LogP) is 6.07. The van der Waals surface area contributed by atoms with Gasteiger partial charge in [-0.25, -0.2) is 0 Å². The first-order chi connectivity index (χ1) is 16.6. The lowest BCUT2D eigenvalue weighted by Crippen LogP contribution is -1.91. The minimum Gasteiger partial charge on any atom is -0.497 e. The van der Waals surface area contributed by atoms with E-state index in [0.717, 1.165) is 49.1 Å². The average Bonchev–Trinajstić information content (AvgIpc) is 3.46. The molecule has 0 N–H and O–H groups in total. The van der Waals surface area contributed by atoms with Crippen molar-refractivity contribution in [2.45, 2.75) is 0 Å². The van der Waals surface area contributed by atoms with Gasteiger partial charge in [-0.3, -0.25) is 0 Å². The van der Waals surface area contributed by atoms with Crippen LogP contribution in [0.1, 0.15) is 11.4 Å². The largest absolute Gasteiger partial charge is 0.497 e. The van der Waals surface area contributed by atoms with E-state index in [1.807, 2.05) is 78.9 Å². The van der Waals surface area contributed by atoms with Gasteiger partial charge in [0, 0.05) is 10.1 Å². The Morgan fingerprint density at radius 1 is 0.824 bits per heavy atom. The second-order valence-electron chi connectivity index (χ2n) is 7.49. The van der Waals surface area contributed by atoms with Crippen LogP contribution in [0, 0.1) is 0 Å². The number of benzene rings is 3. The molecule has 7 nitrogen and oxygen atoms in total. The molecule has 5 aromatic rings. The van der Waals surface area contributed by atoms with Crippen molar-refractivity contribution in [1.29, 1.82) is 0 Å². The Morgan fingerprint density at radius 2 is 1.53 bits per heavy atom. The number of methoxy groups -OCH3 is 2. The summed E-state index contributed by atoms with van der Waals surface area (Å²) in [4.78, 5) is 2.47. The maximum Gasteiger partial charge on any atom is 0.197 e. The van der Waals surface area contributed by atoms with E-state index in [9.17, 15) is 0 Å². The zero-order valence-corrected chi connectivity index (χ0v) is 19.7. The summed E-state index contributed by atoms with van der Waals surface area (Å²) in [5.41, 5.74) is 2.07. The van der Waals surface area contributed by atoms with Crippen LogP contribution in [0.15, 0.2) is 66.7 Å². The molecule has 0 saturated carbocycles. The number of fused-ring (bicyclic) bond motifs is 1. The fourth-order valence-electron chi connectivity index (χ4n) is 3.52. The summed E-state index contributed by atoms with van der Waals surface area (Å²) in [6.07, 6.45) is 3.76. The fraction of sp³-hybridized carbons (Fsp3) is 0.115. The first-order valence-electron chi connectivity index (χ1n) is 10.6. The van der Waals surface area contributed by atoms with Crippen molar-refractivity contribution < 1.29 is 14.2 Å². The Hall–Kier alpha value is -4.17. The lowest BCUT2D eigenvalue weighted by Gasteiger charge is -2.09. The SMILES string of the molecule is COc1ccc(-c2sc3cc(OC)ccc3c2Oc2ccc(/C=C/c3nnn(C)n3)cc2)cc1. The van der Waals surface area contributed by atoms with Gasteiger partial charge in [-0.05, 0) is 77.0 Å². The molecule has 0 bridgehead atoms. The zero-order chi connectivity index (χ0) is 23.5. The number of rotatable bonds is 7. The molecule has 0 aliphatic rings. The molecule has 0 radical (unpaired) electrons. The molecule has 0 atom stereocenters. The normalized spacial score (nSPS) is 11.3. The molecule has 0 spiro atoms. The van der Waals surface area contributed by atoms with E-state index in [4.69, 9.17) is 14.2 Å². The van der Waals surface area contributed by atoms with E-state index < -0.39 is 0 Å². The van der Waals surface area contributed by atoms with Gasteiger partial charge in [0.05, 0.1) is 26.1 Å². The molecule has 0 amide bonds. The number of aromatic nitrogens is 4. The van der Waals surface area contributed by atoms with Gasteiger partial charge in [0.1, 0.15) is 17.2 Å². The van der Waals surface area contributed by atoms with Crippen LogP contribution < -0.4 is 14.2 Å². The molecule has 5 rings (SSSR count).